The second-order valence-corrected chi connectivity index (χ2v) is 7.75. The van der Waals surface area contributed by atoms with Crippen molar-refractivity contribution in [3.8, 4) is 0 Å². The first-order chi connectivity index (χ1) is 8.77. The molecule has 0 spiro atoms. The van der Waals surface area contributed by atoms with Crippen molar-refractivity contribution in [2.75, 3.05) is 5.32 Å². The van der Waals surface area contributed by atoms with E-state index >= 15 is 0 Å². The topological polar surface area (TPSA) is 12.0 Å². The minimum absolute atomic E-state index is 0.362. The molecule has 1 aliphatic rings. The van der Waals surface area contributed by atoms with Crippen molar-refractivity contribution < 1.29 is 0 Å². The Balaban J connectivity index is 2.17. The van der Waals surface area contributed by atoms with Crippen LogP contribution in [-0.2, 0) is 0 Å². The zero-order valence-corrected chi connectivity index (χ0v) is 13.8. The van der Waals surface area contributed by atoms with Crippen LogP contribution in [0, 0.1) is 11.3 Å². The van der Waals surface area contributed by atoms with E-state index in [4.69, 9.17) is 34.8 Å². The van der Waals surface area contributed by atoms with Crippen LogP contribution < -0.4 is 5.32 Å². The van der Waals surface area contributed by atoms with Gasteiger partial charge in [0.2, 0.25) is 0 Å². The molecule has 2 rings (SSSR count). The number of anilines is 1. The molecule has 1 nitrogen and oxygen atoms in total. The Morgan fingerprint density at radius 2 is 1.68 bits per heavy atom. The van der Waals surface area contributed by atoms with Crippen LogP contribution >= 0.6 is 34.8 Å². The molecule has 0 amide bonds. The fraction of sp³-hybridized carbons (Fsp3) is 0.600. The van der Waals surface area contributed by atoms with Crippen LogP contribution in [0.2, 0.25) is 15.1 Å². The number of hydrogen-bond acceptors (Lipinski definition) is 1. The van der Waals surface area contributed by atoms with E-state index in [1.807, 2.05) is 0 Å². The van der Waals surface area contributed by atoms with Crippen molar-refractivity contribution in [3.63, 3.8) is 0 Å². The Labute approximate surface area is 130 Å². The van der Waals surface area contributed by atoms with Gasteiger partial charge in [0.05, 0.1) is 15.7 Å². The molecule has 4 heteroatoms. The lowest BCUT2D eigenvalue weighted by Gasteiger charge is -2.39. The van der Waals surface area contributed by atoms with Gasteiger partial charge in [-0.15, -0.1) is 0 Å². The standard InChI is InChI=1S/C15H20Cl3N/c1-9-4-11(8-15(2,3)7-9)19-14-12(17)5-10(16)6-13(14)18/h5-6,9,11,19H,4,7-8H2,1-3H3. The Hall–Kier alpha value is -0.110. The monoisotopic (exact) mass is 319 g/mol. The van der Waals surface area contributed by atoms with E-state index in [0.29, 0.717) is 32.4 Å². The highest BCUT2D eigenvalue weighted by Crippen LogP contribution is 2.41. The summed E-state index contributed by atoms with van der Waals surface area (Å²) in [5, 5.41) is 5.26. The molecule has 1 aromatic carbocycles. The maximum atomic E-state index is 6.23. The molecule has 2 atom stereocenters. The molecule has 0 aromatic heterocycles. The average Bonchev–Trinajstić information content (AvgIpc) is 2.20. The quantitative estimate of drug-likeness (QED) is 0.676. The Bertz CT molecular complexity index is 447. The zero-order chi connectivity index (χ0) is 14.2. The van der Waals surface area contributed by atoms with Gasteiger partial charge in [-0.3, -0.25) is 0 Å². The summed E-state index contributed by atoms with van der Waals surface area (Å²) in [6.07, 6.45) is 3.55. The highest BCUT2D eigenvalue weighted by molar-refractivity contribution is 6.41. The fourth-order valence-electron chi connectivity index (χ4n) is 3.34. The minimum Gasteiger partial charge on any atom is -0.380 e. The van der Waals surface area contributed by atoms with Gasteiger partial charge in [0.1, 0.15) is 0 Å². The average molecular weight is 321 g/mol. The van der Waals surface area contributed by atoms with Crippen LogP contribution in [-0.4, -0.2) is 6.04 Å². The summed E-state index contributed by atoms with van der Waals surface area (Å²) in [6, 6.07) is 3.87. The first-order valence-electron chi connectivity index (χ1n) is 6.68. The Morgan fingerprint density at radius 3 is 2.21 bits per heavy atom. The van der Waals surface area contributed by atoms with Gasteiger partial charge in [-0.05, 0) is 42.7 Å². The normalized spacial score (nSPS) is 26.2. The summed E-state index contributed by atoms with van der Waals surface area (Å²) in [5.74, 6) is 0.714. The SMILES string of the molecule is CC1CC(Nc2c(Cl)cc(Cl)cc2Cl)CC(C)(C)C1. The Morgan fingerprint density at radius 1 is 1.11 bits per heavy atom. The number of hydrogen-bond donors (Lipinski definition) is 1. The van der Waals surface area contributed by atoms with Crippen LogP contribution in [0.25, 0.3) is 0 Å². The summed E-state index contributed by atoms with van der Waals surface area (Å²) < 4.78 is 0. The molecular formula is C15H20Cl3N. The maximum absolute atomic E-state index is 6.23. The van der Waals surface area contributed by atoms with Crippen LogP contribution in [0.3, 0.4) is 0 Å². The molecule has 0 bridgehead atoms. The molecule has 1 aromatic rings. The minimum atomic E-state index is 0.362. The van der Waals surface area contributed by atoms with Gasteiger partial charge < -0.3 is 5.32 Å². The third-order valence-corrected chi connectivity index (χ3v) is 4.56. The summed E-state index contributed by atoms with van der Waals surface area (Å²) in [6.45, 7) is 6.95. The van der Waals surface area contributed by atoms with Crippen molar-refractivity contribution in [1.82, 2.24) is 0 Å². The van der Waals surface area contributed by atoms with Gasteiger partial charge in [0.15, 0.2) is 0 Å². The van der Waals surface area contributed by atoms with Gasteiger partial charge in [0, 0.05) is 11.1 Å². The van der Waals surface area contributed by atoms with Gasteiger partial charge >= 0.3 is 0 Å². The molecule has 0 aliphatic heterocycles. The molecule has 106 valence electrons. The molecule has 1 N–H and O–H groups in total. The molecule has 1 fully saturated rings. The third kappa shape index (κ3) is 3.93. The molecule has 1 saturated carbocycles. The Kier molecular flexibility index (Phi) is 4.59. The first kappa shape index (κ1) is 15.3. The lowest BCUT2D eigenvalue weighted by atomic mass is 9.70. The summed E-state index contributed by atoms with van der Waals surface area (Å²) in [4.78, 5) is 0. The molecule has 2 unspecified atom stereocenters. The van der Waals surface area contributed by atoms with E-state index in [0.717, 1.165) is 18.5 Å². The number of benzene rings is 1. The molecule has 0 heterocycles. The predicted molar refractivity (Wildman–Crippen MR) is 85.7 cm³/mol. The molecule has 19 heavy (non-hydrogen) atoms. The molecular weight excluding hydrogens is 301 g/mol. The summed E-state index contributed by atoms with van der Waals surface area (Å²) >= 11 is 18.4. The lowest BCUT2D eigenvalue weighted by Crippen LogP contribution is -2.35. The smallest absolute Gasteiger partial charge is 0.0722 e. The summed E-state index contributed by atoms with van der Waals surface area (Å²) in [7, 11) is 0. The van der Waals surface area contributed by atoms with E-state index in [-0.39, 0.29) is 0 Å². The third-order valence-electron chi connectivity index (χ3n) is 3.74. The van der Waals surface area contributed by atoms with Crippen molar-refractivity contribution in [2.45, 2.75) is 46.1 Å². The van der Waals surface area contributed by atoms with Gasteiger partial charge in [0.25, 0.3) is 0 Å². The molecule has 0 radical (unpaired) electrons. The van der Waals surface area contributed by atoms with Crippen LogP contribution in [0.1, 0.15) is 40.0 Å². The zero-order valence-electron chi connectivity index (χ0n) is 11.6. The fourth-order valence-corrected chi connectivity index (χ4v) is 4.27. The van der Waals surface area contributed by atoms with Crippen molar-refractivity contribution in [1.29, 1.82) is 0 Å². The van der Waals surface area contributed by atoms with E-state index in [9.17, 15) is 0 Å². The highest BCUT2D eigenvalue weighted by Gasteiger charge is 2.32. The molecule has 0 saturated heterocycles. The van der Waals surface area contributed by atoms with Crippen LogP contribution in [0.15, 0.2) is 12.1 Å². The van der Waals surface area contributed by atoms with Crippen LogP contribution in [0.5, 0.6) is 0 Å². The van der Waals surface area contributed by atoms with E-state index < -0.39 is 0 Å². The van der Waals surface area contributed by atoms with Gasteiger partial charge in [-0.2, -0.15) is 0 Å². The highest BCUT2D eigenvalue weighted by atomic mass is 35.5. The first-order valence-corrected chi connectivity index (χ1v) is 7.81. The van der Waals surface area contributed by atoms with Gasteiger partial charge in [-0.1, -0.05) is 55.6 Å². The number of halogens is 3. The van der Waals surface area contributed by atoms with Crippen molar-refractivity contribution in [3.05, 3.63) is 27.2 Å². The van der Waals surface area contributed by atoms with Crippen molar-refractivity contribution in [2.24, 2.45) is 11.3 Å². The number of rotatable bonds is 2. The second kappa shape index (κ2) is 5.71. The van der Waals surface area contributed by atoms with E-state index in [1.165, 1.54) is 6.42 Å². The summed E-state index contributed by atoms with van der Waals surface area (Å²) in [5.41, 5.74) is 1.17. The van der Waals surface area contributed by atoms with Gasteiger partial charge in [-0.25, -0.2) is 0 Å². The molecule has 1 aliphatic carbocycles. The maximum Gasteiger partial charge on any atom is 0.0722 e. The van der Waals surface area contributed by atoms with Crippen molar-refractivity contribution >= 4 is 40.5 Å². The lowest BCUT2D eigenvalue weighted by molar-refractivity contribution is 0.178. The second-order valence-electron chi connectivity index (χ2n) is 6.50. The predicted octanol–water partition coefficient (Wildman–Crippen LogP) is 6.27. The largest absolute Gasteiger partial charge is 0.380 e. The van der Waals surface area contributed by atoms with E-state index in [1.54, 1.807) is 12.1 Å². The van der Waals surface area contributed by atoms with E-state index in [2.05, 4.69) is 26.1 Å². The number of nitrogens with one attached hydrogen (secondary N) is 1. The van der Waals surface area contributed by atoms with Crippen LogP contribution in [0.4, 0.5) is 5.69 Å².